The van der Waals surface area contributed by atoms with Gasteiger partial charge in [-0.3, -0.25) is 4.79 Å². The number of esters is 3. The lowest BCUT2D eigenvalue weighted by Crippen LogP contribution is -2.30. The van der Waals surface area contributed by atoms with E-state index in [1.165, 1.54) is 174 Å². The van der Waals surface area contributed by atoms with E-state index in [1.54, 1.807) is 24.3 Å². The molecule has 0 saturated carbocycles. The smallest absolute Gasteiger partial charge is 0.338 e. The summed E-state index contributed by atoms with van der Waals surface area (Å²) < 4.78 is 16.2. The molecule has 0 spiro atoms. The van der Waals surface area contributed by atoms with Crippen LogP contribution in [0.2, 0.25) is 0 Å². The van der Waals surface area contributed by atoms with E-state index >= 15 is 0 Å². The van der Waals surface area contributed by atoms with E-state index in [9.17, 15) is 14.4 Å². The molecule has 0 atom stereocenters. The zero-order chi connectivity index (χ0) is 42.4. The summed E-state index contributed by atoms with van der Waals surface area (Å²) in [6.07, 6.45) is 36.6. The fraction of sp³-hybridized carbons (Fsp3) is 0.706. The van der Waals surface area contributed by atoms with Gasteiger partial charge >= 0.3 is 17.9 Å². The summed E-state index contributed by atoms with van der Waals surface area (Å²) in [5, 5.41) is 6.87. The van der Waals surface area contributed by atoms with Gasteiger partial charge in [-0.2, -0.15) is 0 Å². The fourth-order valence-electron chi connectivity index (χ4n) is 7.41. The topological polar surface area (TPSA) is 103 Å². The van der Waals surface area contributed by atoms with Crippen LogP contribution < -0.4 is 10.6 Å². The van der Waals surface area contributed by atoms with Gasteiger partial charge in [0.05, 0.1) is 11.1 Å². The van der Waals surface area contributed by atoms with Crippen LogP contribution in [0.5, 0.6) is 0 Å². The number of carbonyl (C=O) groups is 3. The summed E-state index contributed by atoms with van der Waals surface area (Å²) >= 11 is 0. The molecule has 0 bridgehead atoms. The molecular formula is C51H84N2O6. The molecule has 0 aliphatic heterocycles. The van der Waals surface area contributed by atoms with Gasteiger partial charge in [0.1, 0.15) is 13.2 Å². The molecule has 8 heteroatoms. The van der Waals surface area contributed by atoms with E-state index in [4.69, 9.17) is 14.2 Å². The molecule has 0 fully saturated rings. The fourth-order valence-corrected chi connectivity index (χ4v) is 7.41. The number of unbranched alkanes of at least 4 members (excludes halogenated alkanes) is 26. The van der Waals surface area contributed by atoms with Crippen LogP contribution in [0, 0.1) is 0 Å². The standard InChI is InChI=1S/C51H84N2O6/c1-4-6-8-10-12-14-16-18-20-22-24-26-28-30-40-52-47-36-32-45(33-37-47)50(55)57-42-49(59-44(3)54)43-58-51(56)46-34-38-48(39-35-46)53-41-31-29-27-25-23-21-19-17-15-13-11-9-7-5-2/h32-39,49,52-53H,4-31,40-43H2,1-3H3. The lowest BCUT2D eigenvalue weighted by Gasteiger charge is -2.17. The summed E-state index contributed by atoms with van der Waals surface area (Å²) in [6.45, 7) is 7.14. The van der Waals surface area contributed by atoms with Crippen molar-refractivity contribution in [3.8, 4) is 0 Å². The van der Waals surface area contributed by atoms with Crippen LogP contribution in [0.3, 0.4) is 0 Å². The third-order valence-electron chi connectivity index (χ3n) is 11.1. The van der Waals surface area contributed by atoms with E-state index in [1.807, 2.05) is 24.3 Å². The predicted molar refractivity (Wildman–Crippen MR) is 247 cm³/mol. The van der Waals surface area contributed by atoms with Gasteiger partial charge in [0, 0.05) is 31.4 Å². The minimum absolute atomic E-state index is 0.229. The summed E-state index contributed by atoms with van der Waals surface area (Å²) in [7, 11) is 0. The Balaban J connectivity index is 1.54. The Morgan fingerprint density at radius 2 is 0.695 bits per heavy atom. The zero-order valence-electron chi connectivity index (χ0n) is 37.8. The number of anilines is 2. The van der Waals surface area contributed by atoms with Gasteiger partial charge in [-0.05, 0) is 61.4 Å². The predicted octanol–water partition coefficient (Wildman–Crippen LogP) is 14.4. The number of benzene rings is 2. The third-order valence-corrected chi connectivity index (χ3v) is 11.1. The molecule has 0 aliphatic carbocycles. The van der Waals surface area contributed by atoms with Crippen molar-refractivity contribution in [2.75, 3.05) is 36.9 Å². The van der Waals surface area contributed by atoms with Gasteiger partial charge in [-0.1, -0.05) is 181 Å². The minimum Gasteiger partial charge on any atom is -0.458 e. The van der Waals surface area contributed by atoms with Crippen molar-refractivity contribution in [3.05, 3.63) is 59.7 Å². The summed E-state index contributed by atoms with van der Waals surface area (Å²) in [4.78, 5) is 37.3. The first-order chi connectivity index (χ1) is 28.9. The monoisotopic (exact) mass is 821 g/mol. The van der Waals surface area contributed by atoms with Crippen LogP contribution in [0.1, 0.15) is 221 Å². The van der Waals surface area contributed by atoms with Crippen molar-refractivity contribution in [3.63, 3.8) is 0 Å². The second-order valence-electron chi connectivity index (χ2n) is 16.6. The lowest BCUT2D eigenvalue weighted by molar-refractivity contribution is -0.151. The number of carbonyl (C=O) groups excluding carboxylic acids is 3. The molecule has 2 aromatic rings. The maximum absolute atomic E-state index is 12.8. The van der Waals surface area contributed by atoms with Crippen molar-refractivity contribution >= 4 is 29.3 Å². The van der Waals surface area contributed by atoms with Gasteiger partial charge in [0.25, 0.3) is 0 Å². The van der Waals surface area contributed by atoms with Crippen LogP contribution >= 0.6 is 0 Å². The van der Waals surface area contributed by atoms with Crippen molar-refractivity contribution in [1.82, 2.24) is 0 Å². The first-order valence-corrected chi connectivity index (χ1v) is 24.1. The van der Waals surface area contributed by atoms with Crippen LogP contribution in [-0.2, 0) is 19.0 Å². The Labute approximate surface area is 360 Å². The molecule has 0 amide bonds. The van der Waals surface area contributed by atoms with Crippen LogP contribution in [0.4, 0.5) is 11.4 Å². The Kier molecular flexibility index (Phi) is 31.8. The highest BCUT2D eigenvalue weighted by atomic mass is 16.6. The summed E-state index contributed by atoms with van der Waals surface area (Å²) in [5.41, 5.74) is 2.69. The molecule has 0 aliphatic rings. The number of hydrogen-bond donors (Lipinski definition) is 2. The van der Waals surface area contributed by atoms with E-state index in [0.29, 0.717) is 11.1 Å². The molecule has 2 rings (SSSR count). The van der Waals surface area contributed by atoms with Crippen LogP contribution in [0.15, 0.2) is 48.5 Å². The molecule has 59 heavy (non-hydrogen) atoms. The van der Waals surface area contributed by atoms with Crippen molar-refractivity contribution in [2.45, 2.75) is 207 Å². The maximum atomic E-state index is 12.8. The molecule has 0 heterocycles. The average Bonchev–Trinajstić information content (AvgIpc) is 3.24. The SMILES string of the molecule is CCCCCCCCCCCCCCCCNc1ccc(C(=O)OCC(COC(=O)c2ccc(NCCCCCCCCCCCCCCCC)cc2)OC(C)=O)cc1. The molecule has 2 N–H and O–H groups in total. The van der Waals surface area contributed by atoms with Gasteiger partial charge in [0.2, 0.25) is 0 Å². The van der Waals surface area contributed by atoms with Crippen molar-refractivity contribution < 1.29 is 28.6 Å². The lowest BCUT2D eigenvalue weighted by atomic mass is 10.0. The molecule has 8 nitrogen and oxygen atoms in total. The summed E-state index contributed by atoms with van der Waals surface area (Å²) in [6, 6.07) is 14.3. The maximum Gasteiger partial charge on any atom is 0.338 e. The molecular weight excluding hydrogens is 737 g/mol. The molecule has 334 valence electrons. The Morgan fingerprint density at radius 1 is 0.424 bits per heavy atom. The molecule has 0 unspecified atom stereocenters. The molecule has 0 saturated heterocycles. The summed E-state index contributed by atoms with van der Waals surface area (Å²) in [5.74, 6) is -1.63. The van der Waals surface area contributed by atoms with Crippen LogP contribution in [0.25, 0.3) is 0 Å². The third kappa shape index (κ3) is 28.5. The first-order valence-electron chi connectivity index (χ1n) is 24.1. The van der Waals surface area contributed by atoms with Gasteiger partial charge in [-0.15, -0.1) is 0 Å². The Morgan fingerprint density at radius 3 is 0.966 bits per heavy atom. The van der Waals surface area contributed by atoms with Gasteiger partial charge in [-0.25, -0.2) is 9.59 Å². The number of hydrogen-bond acceptors (Lipinski definition) is 8. The Hall–Kier alpha value is -3.55. The highest BCUT2D eigenvalue weighted by Gasteiger charge is 2.19. The van der Waals surface area contributed by atoms with E-state index < -0.39 is 24.0 Å². The number of ether oxygens (including phenoxy) is 3. The van der Waals surface area contributed by atoms with Crippen molar-refractivity contribution in [2.24, 2.45) is 0 Å². The molecule has 0 aromatic heterocycles. The van der Waals surface area contributed by atoms with Gasteiger partial charge in [0.15, 0.2) is 6.10 Å². The average molecular weight is 821 g/mol. The number of nitrogens with one attached hydrogen (secondary N) is 2. The van der Waals surface area contributed by atoms with E-state index in [-0.39, 0.29) is 13.2 Å². The second-order valence-corrected chi connectivity index (χ2v) is 16.6. The zero-order valence-corrected chi connectivity index (χ0v) is 37.8. The van der Waals surface area contributed by atoms with E-state index in [0.717, 1.165) is 37.3 Å². The molecule has 0 radical (unpaired) electrons. The minimum atomic E-state index is -0.919. The first kappa shape index (κ1) is 51.6. The Bertz CT molecular complexity index is 1220. The largest absolute Gasteiger partial charge is 0.458 e. The normalized spacial score (nSPS) is 11.1. The van der Waals surface area contributed by atoms with Crippen LogP contribution in [-0.4, -0.2) is 50.3 Å². The van der Waals surface area contributed by atoms with E-state index in [2.05, 4.69) is 24.5 Å². The molecule has 2 aromatic carbocycles. The van der Waals surface area contributed by atoms with Gasteiger partial charge < -0.3 is 24.8 Å². The second kappa shape index (κ2) is 36.3. The highest BCUT2D eigenvalue weighted by Crippen LogP contribution is 2.17. The highest BCUT2D eigenvalue weighted by molar-refractivity contribution is 5.90. The van der Waals surface area contributed by atoms with Crippen molar-refractivity contribution in [1.29, 1.82) is 0 Å². The quantitative estimate of drug-likeness (QED) is 0.0390. The number of rotatable bonds is 39.